The zero-order valence-corrected chi connectivity index (χ0v) is 23.7. The van der Waals surface area contributed by atoms with E-state index in [1.54, 1.807) is 24.3 Å². The SMILES string of the molecule is O=C(CN(C(=O)c1ccc(Cl)c(Cl)c1)N1C(=O)[C@H]2C[C@@H](Br)[C@@H](Br)C[C@H]2C1=O)c1ccc(Br)cc1. The molecular weight excluding hydrogens is 679 g/mol. The third-order valence-electron chi connectivity index (χ3n) is 5.99. The van der Waals surface area contributed by atoms with Crippen LogP contribution in [0.3, 0.4) is 0 Å². The van der Waals surface area contributed by atoms with Crippen LogP contribution in [0.1, 0.15) is 33.6 Å². The molecule has 1 aliphatic heterocycles. The zero-order valence-electron chi connectivity index (χ0n) is 17.4. The van der Waals surface area contributed by atoms with Gasteiger partial charge in [-0.1, -0.05) is 83.1 Å². The normalized spacial score (nSPS) is 24.2. The molecule has 2 aromatic carbocycles. The van der Waals surface area contributed by atoms with E-state index in [1.807, 2.05) is 0 Å². The van der Waals surface area contributed by atoms with E-state index in [9.17, 15) is 19.2 Å². The number of hydrogen-bond donors (Lipinski definition) is 0. The standard InChI is InChI=1S/C23H17Br3Cl2N2O4/c24-13-4-1-11(2-5-13)20(31)10-29(21(32)12-3-6-18(27)19(28)7-12)30-22(33)14-8-16(25)17(26)9-15(14)23(30)34/h1-7,14-17H,8-10H2/t14-,15+,16+,17-. The number of ketones is 1. The summed E-state index contributed by atoms with van der Waals surface area (Å²) in [6.45, 7) is -0.493. The first-order valence-electron chi connectivity index (χ1n) is 10.3. The second kappa shape index (κ2) is 10.4. The summed E-state index contributed by atoms with van der Waals surface area (Å²) in [4.78, 5) is 53.4. The van der Waals surface area contributed by atoms with Gasteiger partial charge in [0.05, 0.1) is 21.9 Å². The monoisotopic (exact) mass is 692 g/mol. The molecular formula is C23H17Br3Cl2N2O4. The number of fused-ring (bicyclic) bond motifs is 1. The molecule has 3 amide bonds. The van der Waals surface area contributed by atoms with Gasteiger partial charge in [0.25, 0.3) is 17.7 Å². The van der Waals surface area contributed by atoms with Crippen molar-refractivity contribution in [3.8, 4) is 0 Å². The van der Waals surface area contributed by atoms with Crippen LogP contribution in [-0.4, -0.2) is 49.7 Å². The highest BCUT2D eigenvalue weighted by atomic mass is 79.9. The third kappa shape index (κ3) is 5.00. The van der Waals surface area contributed by atoms with Crippen molar-refractivity contribution in [2.24, 2.45) is 11.8 Å². The fourth-order valence-corrected chi connectivity index (χ4v) is 5.99. The zero-order chi connectivity index (χ0) is 24.7. The number of carbonyl (C=O) groups excluding carboxylic acids is 4. The maximum atomic E-state index is 13.5. The summed E-state index contributed by atoms with van der Waals surface area (Å²) in [6.07, 6.45) is 0.883. The number of nitrogens with zero attached hydrogens (tertiary/aromatic N) is 2. The fourth-order valence-electron chi connectivity index (χ4n) is 4.19. The van der Waals surface area contributed by atoms with E-state index in [2.05, 4.69) is 47.8 Å². The van der Waals surface area contributed by atoms with Crippen molar-refractivity contribution in [1.29, 1.82) is 0 Å². The van der Waals surface area contributed by atoms with E-state index in [0.717, 1.165) is 14.5 Å². The van der Waals surface area contributed by atoms with E-state index in [4.69, 9.17) is 23.2 Å². The maximum Gasteiger partial charge on any atom is 0.273 e. The summed E-state index contributed by atoms with van der Waals surface area (Å²) < 4.78 is 0.787. The van der Waals surface area contributed by atoms with Gasteiger partial charge in [0.15, 0.2) is 5.78 Å². The minimum atomic E-state index is -0.699. The molecule has 4 rings (SSSR count). The number of carbonyl (C=O) groups is 4. The predicted octanol–water partition coefficient (Wildman–Crippen LogP) is 5.92. The Morgan fingerprint density at radius 3 is 1.94 bits per heavy atom. The number of benzene rings is 2. The molecule has 2 aliphatic rings. The number of Topliss-reactive ketones (excluding diaryl/α,β-unsaturated/α-hetero) is 1. The summed E-state index contributed by atoms with van der Waals surface area (Å²) in [5, 5.41) is 2.17. The summed E-state index contributed by atoms with van der Waals surface area (Å²) in [5.41, 5.74) is 0.443. The van der Waals surface area contributed by atoms with Crippen molar-refractivity contribution in [3.63, 3.8) is 0 Å². The molecule has 0 aromatic heterocycles. The van der Waals surface area contributed by atoms with E-state index >= 15 is 0 Å². The van der Waals surface area contributed by atoms with Crippen molar-refractivity contribution < 1.29 is 19.2 Å². The maximum absolute atomic E-state index is 13.5. The lowest BCUT2D eigenvalue weighted by molar-refractivity contribution is -0.154. The Bertz CT molecular complexity index is 1150. The lowest BCUT2D eigenvalue weighted by Gasteiger charge is -2.30. The lowest BCUT2D eigenvalue weighted by Crippen LogP contribution is -2.52. The molecule has 1 saturated heterocycles. The van der Waals surface area contributed by atoms with Gasteiger partial charge in [0, 0.05) is 25.3 Å². The number of hydrazine groups is 1. The molecule has 1 aliphatic carbocycles. The molecule has 11 heteroatoms. The topological polar surface area (TPSA) is 74.8 Å². The Hall–Kier alpha value is -1.26. The summed E-state index contributed by atoms with van der Waals surface area (Å²) in [7, 11) is 0. The van der Waals surface area contributed by atoms with Crippen LogP contribution in [0.15, 0.2) is 46.9 Å². The van der Waals surface area contributed by atoms with Crippen molar-refractivity contribution in [2.75, 3.05) is 6.54 Å². The second-order valence-corrected chi connectivity index (χ2v) is 12.2. The van der Waals surface area contributed by atoms with Crippen LogP contribution in [0, 0.1) is 11.8 Å². The molecule has 2 fully saturated rings. The lowest BCUT2D eigenvalue weighted by atomic mass is 9.81. The molecule has 0 bridgehead atoms. The smallest absolute Gasteiger partial charge is 0.273 e. The number of alkyl halides is 2. The van der Waals surface area contributed by atoms with Crippen LogP contribution in [0.4, 0.5) is 0 Å². The van der Waals surface area contributed by atoms with Crippen molar-refractivity contribution >= 4 is 94.5 Å². The highest BCUT2D eigenvalue weighted by Gasteiger charge is 2.54. The highest BCUT2D eigenvalue weighted by Crippen LogP contribution is 2.43. The van der Waals surface area contributed by atoms with Crippen LogP contribution in [0.25, 0.3) is 0 Å². The Morgan fingerprint density at radius 1 is 0.882 bits per heavy atom. The molecule has 0 spiro atoms. The van der Waals surface area contributed by atoms with Crippen molar-refractivity contribution in [3.05, 3.63) is 68.1 Å². The largest absolute Gasteiger partial charge is 0.292 e. The third-order valence-corrected chi connectivity index (χ3v) is 9.99. The van der Waals surface area contributed by atoms with Gasteiger partial charge in [0.2, 0.25) is 0 Å². The van der Waals surface area contributed by atoms with Gasteiger partial charge < -0.3 is 0 Å². The Kier molecular flexibility index (Phi) is 7.89. The molecule has 2 aromatic rings. The van der Waals surface area contributed by atoms with Crippen molar-refractivity contribution in [1.82, 2.24) is 10.0 Å². The van der Waals surface area contributed by atoms with E-state index in [1.165, 1.54) is 18.2 Å². The van der Waals surface area contributed by atoms with Crippen LogP contribution in [-0.2, 0) is 9.59 Å². The number of rotatable bonds is 5. The van der Waals surface area contributed by atoms with Gasteiger partial charge in [0.1, 0.15) is 6.54 Å². The van der Waals surface area contributed by atoms with Crippen LogP contribution < -0.4 is 0 Å². The van der Waals surface area contributed by atoms with Gasteiger partial charge in [-0.05, 0) is 43.2 Å². The van der Waals surface area contributed by atoms with Gasteiger partial charge >= 0.3 is 0 Å². The summed E-state index contributed by atoms with van der Waals surface area (Å²) in [5.74, 6) is -3.25. The van der Waals surface area contributed by atoms with E-state index in [0.29, 0.717) is 18.4 Å². The molecule has 4 atom stereocenters. The molecule has 6 nitrogen and oxygen atoms in total. The average Bonchev–Trinajstić information content (AvgIpc) is 3.03. The fraction of sp³-hybridized carbons (Fsp3) is 0.304. The summed E-state index contributed by atoms with van der Waals surface area (Å²) in [6, 6.07) is 10.8. The van der Waals surface area contributed by atoms with Gasteiger partial charge in [-0.2, -0.15) is 5.01 Å². The first-order valence-corrected chi connectivity index (χ1v) is 13.7. The highest BCUT2D eigenvalue weighted by molar-refractivity contribution is 9.12. The van der Waals surface area contributed by atoms with Crippen LogP contribution in [0.2, 0.25) is 10.0 Å². The van der Waals surface area contributed by atoms with Gasteiger partial charge in [-0.15, -0.1) is 0 Å². The molecule has 0 N–H and O–H groups in total. The molecule has 1 heterocycles. The molecule has 34 heavy (non-hydrogen) atoms. The van der Waals surface area contributed by atoms with Gasteiger partial charge in [-0.25, -0.2) is 5.01 Å². The number of imide groups is 1. The number of hydrogen-bond acceptors (Lipinski definition) is 4. The van der Waals surface area contributed by atoms with Crippen molar-refractivity contribution in [2.45, 2.75) is 22.5 Å². The average molecular weight is 696 g/mol. The van der Waals surface area contributed by atoms with Gasteiger partial charge in [-0.3, -0.25) is 19.2 Å². The van der Waals surface area contributed by atoms with E-state index in [-0.39, 0.29) is 25.3 Å². The Labute approximate surface area is 231 Å². The predicted molar refractivity (Wildman–Crippen MR) is 139 cm³/mol. The van der Waals surface area contributed by atoms with E-state index < -0.39 is 41.9 Å². The molecule has 0 unspecified atom stereocenters. The Balaban J connectivity index is 1.71. The summed E-state index contributed by atoms with van der Waals surface area (Å²) >= 11 is 22.5. The second-order valence-electron chi connectivity index (χ2n) is 8.13. The molecule has 178 valence electrons. The number of amides is 3. The minimum absolute atomic E-state index is 0.00840. The Morgan fingerprint density at radius 2 is 1.41 bits per heavy atom. The molecule has 0 radical (unpaired) electrons. The van der Waals surface area contributed by atoms with Crippen LogP contribution in [0.5, 0.6) is 0 Å². The first kappa shape index (κ1) is 25.8. The first-order chi connectivity index (χ1) is 16.1. The minimum Gasteiger partial charge on any atom is -0.292 e. The number of halogens is 5. The van der Waals surface area contributed by atoms with Crippen LogP contribution >= 0.6 is 71.0 Å². The quantitative estimate of drug-likeness (QED) is 0.221. The molecule has 1 saturated carbocycles.